The quantitative estimate of drug-likeness (QED) is 0.449. The monoisotopic (exact) mass is 542 g/mol. The topological polar surface area (TPSA) is 91.8 Å². The Hall–Kier alpha value is -3.27. The summed E-state index contributed by atoms with van der Waals surface area (Å²) in [6, 6.07) is 12.7. The molecule has 1 aromatic heterocycles. The molecular weight excluding hydrogens is 515 g/mol. The number of ether oxygens (including phenoxy) is 2. The molecule has 1 saturated heterocycles. The SMILES string of the molecule is COc1cc(C(=O)N2CCOCC2)ccc1Nc1cc2c(nn1)NCCN2[C@H](C)c1cc(Cl)ccc1Cl. The molecule has 0 saturated carbocycles. The lowest BCUT2D eigenvalue weighted by atomic mass is 10.1. The summed E-state index contributed by atoms with van der Waals surface area (Å²) in [6.45, 7) is 5.83. The van der Waals surface area contributed by atoms with Gasteiger partial charge >= 0.3 is 0 Å². The van der Waals surface area contributed by atoms with Crippen LogP contribution >= 0.6 is 23.2 Å². The number of hydrogen-bond acceptors (Lipinski definition) is 8. The maximum atomic E-state index is 12.9. The van der Waals surface area contributed by atoms with Crippen LogP contribution in [0.3, 0.4) is 0 Å². The van der Waals surface area contributed by atoms with Gasteiger partial charge in [-0.3, -0.25) is 4.79 Å². The third-order valence-electron chi connectivity index (χ3n) is 6.61. The Balaban J connectivity index is 1.40. The fourth-order valence-corrected chi connectivity index (χ4v) is 5.08. The molecule has 2 aromatic carbocycles. The van der Waals surface area contributed by atoms with Crippen molar-refractivity contribution in [1.29, 1.82) is 0 Å². The molecule has 1 amide bonds. The van der Waals surface area contributed by atoms with Crippen LogP contribution in [0.15, 0.2) is 42.5 Å². The number of halogens is 2. The van der Waals surface area contributed by atoms with Gasteiger partial charge in [-0.2, -0.15) is 0 Å². The minimum atomic E-state index is -0.0443. The van der Waals surface area contributed by atoms with Gasteiger partial charge in [-0.05, 0) is 48.9 Å². The number of hydrogen-bond donors (Lipinski definition) is 2. The molecule has 11 heteroatoms. The molecule has 0 aliphatic carbocycles. The number of methoxy groups -OCH3 is 1. The van der Waals surface area contributed by atoms with Crippen molar-refractivity contribution in [2.45, 2.75) is 13.0 Å². The number of benzene rings is 2. The molecular formula is C26H28Cl2N6O3. The second-order valence-corrected chi connectivity index (χ2v) is 9.71. The highest BCUT2D eigenvalue weighted by Gasteiger charge is 2.26. The Bertz CT molecular complexity index is 1300. The maximum absolute atomic E-state index is 12.9. The number of carbonyl (C=O) groups excluding carboxylic acids is 1. The van der Waals surface area contributed by atoms with Crippen LogP contribution in [-0.2, 0) is 4.74 Å². The lowest BCUT2D eigenvalue weighted by Crippen LogP contribution is -2.40. The number of nitrogens with one attached hydrogen (secondary N) is 2. The highest BCUT2D eigenvalue weighted by molar-refractivity contribution is 6.33. The smallest absolute Gasteiger partial charge is 0.254 e. The summed E-state index contributed by atoms with van der Waals surface area (Å²) >= 11 is 12.8. The predicted molar refractivity (Wildman–Crippen MR) is 146 cm³/mol. The molecule has 5 rings (SSSR count). The lowest BCUT2D eigenvalue weighted by molar-refractivity contribution is 0.0302. The molecule has 2 aliphatic rings. The Labute approximate surface area is 225 Å². The Morgan fingerprint density at radius 3 is 2.70 bits per heavy atom. The Morgan fingerprint density at radius 2 is 1.92 bits per heavy atom. The molecule has 2 aliphatic heterocycles. The van der Waals surface area contributed by atoms with Crippen molar-refractivity contribution >= 4 is 52.1 Å². The summed E-state index contributed by atoms with van der Waals surface area (Å²) in [6.07, 6.45) is 0. The number of aromatic nitrogens is 2. The minimum absolute atomic E-state index is 0.0379. The molecule has 9 nitrogen and oxygen atoms in total. The van der Waals surface area contributed by atoms with Crippen LogP contribution in [-0.4, -0.2) is 67.5 Å². The zero-order valence-corrected chi connectivity index (χ0v) is 22.1. The highest BCUT2D eigenvalue weighted by Crippen LogP contribution is 2.38. The van der Waals surface area contributed by atoms with Gasteiger partial charge in [-0.1, -0.05) is 23.2 Å². The van der Waals surface area contributed by atoms with Crippen molar-refractivity contribution in [3.63, 3.8) is 0 Å². The zero-order chi connectivity index (χ0) is 25.9. The van der Waals surface area contributed by atoms with Gasteiger partial charge in [0, 0.05) is 47.9 Å². The van der Waals surface area contributed by atoms with Gasteiger partial charge in [0.05, 0.1) is 37.7 Å². The van der Waals surface area contributed by atoms with E-state index in [1.54, 1.807) is 30.2 Å². The van der Waals surface area contributed by atoms with Crippen molar-refractivity contribution in [1.82, 2.24) is 15.1 Å². The lowest BCUT2D eigenvalue weighted by Gasteiger charge is -2.36. The number of rotatable bonds is 6. The molecule has 194 valence electrons. The van der Waals surface area contributed by atoms with Crippen molar-refractivity contribution in [2.75, 3.05) is 62.0 Å². The molecule has 0 bridgehead atoms. The van der Waals surface area contributed by atoms with Crippen LogP contribution in [0.2, 0.25) is 10.0 Å². The van der Waals surface area contributed by atoms with Crippen molar-refractivity contribution in [3.8, 4) is 5.75 Å². The molecule has 1 fully saturated rings. The average Bonchev–Trinajstić information content (AvgIpc) is 2.94. The van der Waals surface area contributed by atoms with Crippen molar-refractivity contribution < 1.29 is 14.3 Å². The van der Waals surface area contributed by atoms with E-state index in [9.17, 15) is 4.79 Å². The van der Waals surface area contributed by atoms with Crippen LogP contribution < -0.4 is 20.3 Å². The second-order valence-electron chi connectivity index (χ2n) is 8.87. The van der Waals surface area contributed by atoms with E-state index in [0.717, 1.165) is 24.3 Å². The molecule has 3 aromatic rings. The van der Waals surface area contributed by atoms with Gasteiger partial charge in [0.15, 0.2) is 11.6 Å². The van der Waals surface area contributed by atoms with Gasteiger partial charge < -0.3 is 29.9 Å². The number of carbonyl (C=O) groups is 1. The number of amides is 1. The first kappa shape index (κ1) is 25.4. The van der Waals surface area contributed by atoms with E-state index in [2.05, 4.69) is 32.7 Å². The van der Waals surface area contributed by atoms with E-state index in [0.29, 0.717) is 65.0 Å². The first-order chi connectivity index (χ1) is 17.9. The van der Waals surface area contributed by atoms with Crippen molar-refractivity contribution in [3.05, 3.63) is 63.6 Å². The standard InChI is InChI=1S/C26H28Cl2N6O3/c1-16(19-14-18(27)4-5-20(19)28)34-8-7-29-25-22(34)15-24(31-32-25)30-21-6-3-17(13-23(21)36-2)26(35)33-9-11-37-12-10-33/h3-6,13-16H,7-12H2,1-2H3,(H,29,32)(H,30,31)/t16-/m1/s1. The van der Waals surface area contributed by atoms with Gasteiger partial charge in [-0.15, -0.1) is 10.2 Å². The normalized spacial score (nSPS) is 16.0. The summed E-state index contributed by atoms with van der Waals surface area (Å²) in [5.41, 5.74) is 3.07. The molecule has 2 N–H and O–H groups in total. The van der Waals surface area contributed by atoms with E-state index in [1.807, 2.05) is 24.3 Å². The van der Waals surface area contributed by atoms with Crippen LogP contribution in [0.1, 0.15) is 28.9 Å². The van der Waals surface area contributed by atoms with E-state index in [4.69, 9.17) is 32.7 Å². The first-order valence-corrected chi connectivity index (χ1v) is 12.9. The van der Waals surface area contributed by atoms with Crippen LogP contribution in [0, 0.1) is 0 Å². The van der Waals surface area contributed by atoms with Crippen LogP contribution in [0.5, 0.6) is 5.75 Å². The molecule has 0 radical (unpaired) electrons. The second kappa shape index (κ2) is 11.0. The maximum Gasteiger partial charge on any atom is 0.254 e. The zero-order valence-electron chi connectivity index (χ0n) is 20.6. The fraction of sp³-hybridized carbons (Fsp3) is 0.346. The van der Waals surface area contributed by atoms with Gasteiger partial charge in [0.1, 0.15) is 5.75 Å². The van der Waals surface area contributed by atoms with Gasteiger partial charge in [-0.25, -0.2) is 0 Å². The number of anilines is 4. The largest absolute Gasteiger partial charge is 0.495 e. The van der Waals surface area contributed by atoms with Crippen molar-refractivity contribution in [2.24, 2.45) is 0 Å². The number of fused-ring (bicyclic) bond motifs is 1. The highest BCUT2D eigenvalue weighted by atomic mass is 35.5. The van der Waals surface area contributed by atoms with Crippen LogP contribution in [0.4, 0.5) is 23.0 Å². The third kappa shape index (κ3) is 5.39. The summed E-state index contributed by atoms with van der Waals surface area (Å²) in [7, 11) is 1.57. The Kier molecular flexibility index (Phi) is 7.55. The number of morpholine rings is 1. The summed E-state index contributed by atoms with van der Waals surface area (Å²) in [5.74, 6) is 1.73. The molecule has 3 heterocycles. The van der Waals surface area contributed by atoms with E-state index in [1.165, 1.54) is 0 Å². The van der Waals surface area contributed by atoms with Crippen LogP contribution in [0.25, 0.3) is 0 Å². The molecule has 0 unspecified atom stereocenters. The van der Waals surface area contributed by atoms with E-state index in [-0.39, 0.29) is 11.9 Å². The van der Waals surface area contributed by atoms with Gasteiger partial charge in [0.25, 0.3) is 5.91 Å². The van der Waals surface area contributed by atoms with Gasteiger partial charge in [0.2, 0.25) is 0 Å². The van der Waals surface area contributed by atoms with E-state index >= 15 is 0 Å². The fourth-order valence-electron chi connectivity index (χ4n) is 4.62. The van der Waals surface area contributed by atoms with E-state index < -0.39 is 0 Å². The third-order valence-corrected chi connectivity index (χ3v) is 7.19. The molecule has 1 atom stereocenters. The molecule has 37 heavy (non-hydrogen) atoms. The summed E-state index contributed by atoms with van der Waals surface area (Å²) in [5, 5.41) is 16.7. The molecule has 0 spiro atoms. The average molecular weight is 543 g/mol. The Morgan fingerprint density at radius 1 is 1.11 bits per heavy atom. The summed E-state index contributed by atoms with van der Waals surface area (Å²) < 4.78 is 10.9. The predicted octanol–water partition coefficient (Wildman–Crippen LogP) is 5.00. The summed E-state index contributed by atoms with van der Waals surface area (Å²) in [4.78, 5) is 16.9. The minimum Gasteiger partial charge on any atom is -0.495 e. The number of nitrogens with zero attached hydrogens (tertiary/aromatic N) is 4. The first-order valence-electron chi connectivity index (χ1n) is 12.1.